The fourth-order valence-corrected chi connectivity index (χ4v) is 3.73. The average Bonchev–Trinajstić information content (AvgIpc) is 2.90. The maximum Gasteiger partial charge on any atom is 0.0610 e. The molecule has 1 fully saturated rings. The Labute approximate surface area is 132 Å². The lowest BCUT2D eigenvalue weighted by molar-refractivity contribution is 0.134. The van der Waals surface area contributed by atoms with Crippen molar-refractivity contribution in [2.24, 2.45) is 5.92 Å². The summed E-state index contributed by atoms with van der Waals surface area (Å²) in [6.45, 7) is 13.7. The molecule has 0 spiro atoms. The lowest BCUT2D eigenvalue weighted by Crippen LogP contribution is -2.49. The molecule has 0 aromatic carbocycles. The van der Waals surface area contributed by atoms with Gasteiger partial charge < -0.3 is 15.3 Å². The molecule has 0 aromatic rings. The van der Waals surface area contributed by atoms with Crippen LogP contribution in [0.25, 0.3) is 0 Å². The van der Waals surface area contributed by atoms with Gasteiger partial charge in [0.2, 0.25) is 0 Å². The molecule has 0 amide bonds. The maximum atomic E-state index is 9.68. The molecule has 0 aromatic heterocycles. The Morgan fingerprint density at radius 3 is 2.29 bits per heavy atom. The molecular weight excluding hydrogens is 260 g/mol. The van der Waals surface area contributed by atoms with E-state index in [0.717, 1.165) is 18.4 Å². The van der Waals surface area contributed by atoms with Crippen molar-refractivity contribution in [3.05, 3.63) is 0 Å². The Bertz CT molecular complexity index is 274. The van der Waals surface area contributed by atoms with E-state index in [0.29, 0.717) is 6.04 Å². The van der Waals surface area contributed by atoms with Gasteiger partial charge in [-0.2, -0.15) is 0 Å². The second-order valence-corrected chi connectivity index (χ2v) is 7.95. The monoisotopic (exact) mass is 298 g/mol. The number of hydrogen-bond donors (Lipinski definition) is 2. The van der Waals surface area contributed by atoms with Crippen molar-refractivity contribution in [3.63, 3.8) is 0 Å². The molecule has 1 saturated carbocycles. The van der Waals surface area contributed by atoms with Crippen molar-refractivity contribution in [1.82, 2.24) is 10.2 Å². The van der Waals surface area contributed by atoms with Crippen LogP contribution in [0.2, 0.25) is 0 Å². The van der Waals surface area contributed by atoms with Gasteiger partial charge in [-0.25, -0.2) is 0 Å². The van der Waals surface area contributed by atoms with Crippen LogP contribution in [0, 0.1) is 5.92 Å². The zero-order valence-corrected chi connectivity index (χ0v) is 15.0. The first-order valence-corrected chi connectivity index (χ1v) is 8.99. The van der Waals surface area contributed by atoms with Crippen LogP contribution >= 0.6 is 0 Å². The first-order chi connectivity index (χ1) is 9.86. The van der Waals surface area contributed by atoms with Crippen LogP contribution in [0.15, 0.2) is 0 Å². The number of nitrogens with one attached hydrogen (secondary N) is 1. The van der Waals surface area contributed by atoms with E-state index in [1.807, 2.05) is 0 Å². The molecule has 3 nitrogen and oxygen atoms in total. The highest BCUT2D eigenvalue weighted by molar-refractivity contribution is 4.85. The molecule has 0 bridgehead atoms. The summed E-state index contributed by atoms with van der Waals surface area (Å²) in [4.78, 5) is 2.71. The fourth-order valence-electron chi connectivity index (χ4n) is 3.73. The van der Waals surface area contributed by atoms with E-state index in [4.69, 9.17) is 0 Å². The van der Waals surface area contributed by atoms with Gasteiger partial charge in [0.1, 0.15) is 0 Å². The summed E-state index contributed by atoms with van der Waals surface area (Å²) in [7, 11) is 0. The number of nitrogens with zero attached hydrogens (tertiary/aromatic N) is 1. The molecule has 126 valence electrons. The summed E-state index contributed by atoms with van der Waals surface area (Å²) in [5, 5.41) is 13.2. The molecule has 1 rings (SSSR count). The zero-order valence-electron chi connectivity index (χ0n) is 15.0. The molecular formula is C18H38N2O. The van der Waals surface area contributed by atoms with Gasteiger partial charge in [0.05, 0.1) is 6.61 Å². The second kappa shape index (κ2) is 9.12. The highest BCUT2D eigenvalue weighted by Crippen LogP contribution is 2.25. The van der Waals surface area contributed by atoms with Gasteiger partial charge in [-0.15, -0.1) is 0 Å². The molecule has 1 aliphatic carbocycles. The largest absolute Gasteiger partial charge is 0.394 e. The van der Waals surface area contributed by atoms with E-state index >= 15 is 0 Å². The smallest absolute Gasteiger partial charge is 0.0610 e. The third-order valence-electron chi connectivity index (χ3n) is 4.60. The van der Waals surface area contributed by atoms with Crippen LogP contribution in [-0.2, 0) is 0 Å². The Morgan fingerprint density at radius 2 is 1.81 bits per heavy atom. The highest BCUT2D eigenvalue weighted by Gasteiger charge is 2.26. The highest BCUT2D eigenvalue weighted by atomic mass is 16.3. The Balaban J connectivity index is 2.44. The molecule has 0 radical (unpaired) electrons. The van der Waals surface area contributed by atoms with E-state index in [9.17, 15) is 5.11 Å². The minimum Gasteiger partial charge on any atom is -0.394 e. The van der Waals surface area contributed by atoms with Gasteiger partial charge in [-0.1, -0.05) is 40.5 Å². The van der Waals surface area contributed by atoms with Gasteiger partial charge >= 0.3 is 0 Å². The molecule has 0 aliphatic heterocycles. The van der Waals surface area contributed by atoms with Crippen LogP contribution in [0.4, 0.5) is 0 Å². The summed E-state index contributed by atoms with van der Waals surface area (Å²) in [5.74, 6) is 0.739. The van der Waals surface area contributed by atoms with Crippen LogP contribution in [0.3, 0.4) is 0 Å². The molecule has 1 unspecified atom stereocenters. The van der Waals surface area contributed by atoms with Gasteiger partial charge in [-0.05, 0) is 45.1 Å². The van der Waals surface area contributed by atoms with Crippen LogP contribution in [0.1, 0.15) is 73.1 Å². The summed E-state index contributed by atoms with van der Waals surface area (Å²) in [6.07, 6.45) is 7.79. The molecule has 2 N–H and O–H groups in total. The molecule has 1 atom stereocenters. The summed E-state index contributed by atoms with van der Waals surface area (Å²) in [5.41, 5.74) is -0.132. The van der Waals surface area contributed by atoms with Gasteiger partial charge in [-0.3, -0.25) is 0 Å². The third-order valence-corrected chi connectivity index (χ3v) is 4.60. The number of aliphatic hydroxyl groups is 1. The van der Waals surface area contributed by atoms with E-state index in [2.05, 4.69) is 44.8 Å². The fraction of sp³-hybridized carbons (Fsp3) is 1.00. The predicted octanol–water partition coefficient (Wildman–Crippen LogP) is 3.42. The first kappa shape index (κ1) is 18.9. The molecule has 0 saturated heterocycles. The minimum absolute atomic E-state index is 0.132. The van der Waals surface area contributed by atoms with Gasteiger partial charge in [0.15, 0.2) is 0 Å². The quantitative estimate of drug-likeness (QED) is 0.649. The summed E-state index contributed by atoms with van der Waals surface area (Å²) in [6, 6.07) is 1.23. The second-order valence-electron chi connectivity index (χ2n) is 7.95. The standard InChI is InChI=1S/C18H38N2O/c1-15(2)13-20(17-9-6-7-10-17)12-8-11-18(5,14-21)19-16(3)4/h15-17,19,21H,6-14H2,1-5H3. The van der Waals surface area contributed by atoms with Crippen molar-refractivity contribution in [1.29, 1.82) is 0 Å². The van der Waals surface area contributed by atoms with Gasteiger partial charge in [0.25, 0.3) is 0 Å². The normalized spacial score (nSPS) is 19.9. The van der Waals surface area contributed by atoms with E-state index < -0.39 is 0 Å². The average molecular weight is 299 g/mol. The number of hydrogen-bond acceptors (Lipinski definition) is 3. The summed E-state index contributed by atoms with van der Waals surface area (Å²) >= 11 is 0. The topological polar surface area (TPSA) is 35.5 Å². The Hall–Kier alpha value is -0.120. The minimum atomic E-state index is -0.132. The lowest BCUT2D eigenvalue weighted by atomic mass is 9.95. The van der Waals surface area contributed by atoms with Crippen LogP contribution < -0.4 is 5.32 Å². The number of aliphatic hydroxyl groups excluding tert-OH is 1. The maximum absolute atomic E-state index is 9.68. The van der Waals surface area contributed by atoms with E-state index in [-0.39, 0.29) is 12.1 Å². The van der Waals surface area contributed by atoms with Crippen molar-refractivity contribution in [3.8, 4) is 0 Å². The molecule has 21 heavy (non-hydrogen) atoms. The van der Waals surface area contributed by atoms with E-state index in [1.165, 1.54) is 45.2 Å². The SMILES string of the molecule is CC(C)CN(CCCC(C)(CO)NC(C)C)C1CCCC1. The third kappa shape index (κ3) is 7.12. The lowest BCUT2D eigenvalue weighted by Gasteiger charge is -2.34. The summed E-state index contributed by atoms with van der Waals surface area (Å²) < 4.78 is 0. The molecule has 3 heteroatoms. The Morgan fingerprint density at radius 1 is 1.19 bits per heavy atom. The molecule has 1 aliphatic rings. The Kier molecular flexibility index (Phi) is 8.22. The first-order valence-electron chi connectivity index (χ1n) is 8.99. The number of rotatable bonds is 10. The van der Waals surface area contributed by atoms with Crippen molar-refractivity contribution < 1.29 is 5.11 Å². The zero-order chi connectivity index (χ0) is 15.9. The van der Waals surface area contributed by atoms with Crippen molar-refractivity contribution in [2.75, 3.05) is 19.7 Å². The molecule has 0 heterocycles. The van der Waals surface area contributed by atoms with Gasteiger partial charge in [0, 0.05) is 24.2 Å². The van der Waals surface area contributed by atoms with Crippen molar-refractivity contribution in [2.45, 2.75) is 90.8 Å². The van der Waals surface area contributed by atoms with Crippen LogP contribution in [-0.4, -0.2) is 47.3 Å². The van der Waals surface area contributed by atoms with Crippen molar-refractivity contribution >= 4 is 0 Å². The van der Waals surface area contributed by atoms with E-state index in [1.54, 1.807) is 0 Å². The predicted molar refractivity (Wildman–Crippen MR) is 91.7 cm³/mol. The van der Waals surface area contributed by atoms with Crippen LogP contribution in [0.5, 0.6) is 0 Å².